The normalized spacial score (nSPS) is 11.7. The molecule has 0 aliphatic rings. The fourth-order valence-corrected chi connectivity index (χ4v) is 2.31. The van der Waals surface area contributed by atoms with Crippen LogP contribution in [0.2, 0.25) is 0 Å². The van der Waals surface area contributed by atoms with E-state index >= 15 is 0 Å². The minimum Gasteiger partial charge on any atom is -0.484 e. The Morgan fingerprint density at radius 2 is 1.52 bits per heavy atom. The van der Waals surface area contributed by atoms with Crippen molar-refractivity contribution in [2.24, 2.45) is 0 Å². The molecule has 0 saturated heterocycles. The lowest BCUT2D eigenvalue weighted by molar-refractivity contribution is -0.143. The molecule has 0 aliphatic heterocycles. The van der Waals surface area contributed by atoms with E-state index in [4.69, 9.17) is 10.00 Å². The van der Waals surface area contributed by atoms with Crippen LogP contribution < -0.4 is 4.74 Å². The second kappa shape index (κ2) is 8.43. The van der Waals surface area contributed by atoms with Crippen LogP contribution in [-0.2, 0) is 23.7 Å². The molecule has 2 aromatic rings. The molecular formula is C19H14F6N2O2. The Kier molecular flexibility index (Phi) is 6.41. The van der Waals surface area contributed by atoms with Gasteiger partial charge in [0.05, 0.1) is 22.8 Å². The lowest BCUT2D eigenvalue weighted by Crippen LogP contribution is -2.31. The van der Waals surface area contributed by atoms with Gasteiger partial charge >= 0.3 is 12.4 Å². The third kappa shape index (κ3) is 6.14. The van der Waals surface area contributed by atoms with Crippen LogP contribution in [0.15, 0.2) is 42.5 Å². The first kappa shape index (κ1) is 22.1. The van der Waals surface area contributed by atoms with Crippen molar-refractivity contribution in [3.05, 3.63) is 64.7 Å². The number of rotatable bonds is 5. The first-order chi connectivity index (χ1) is 13.4. The zero-order chi connectivity index (χ0) is 21.8. The number of halogens is 6. The second-order valence-electron chi connectivity index (χ2n) is 6.09. The summed E-state index contributed by atoms with van der Waals surface area (Å²) >= 11 is 0. The highest BCUT2D eigenvalue weighted by atomic mass is 19.4. The first-order valence-corrected chi connectivity index (χ1v) is 8.05. The summed E-state index contributed by atoms with van der Waals surface area (Å²) in [4.78, 5) is 13.3. The van der Waals surface area contributed by atoms with Crippen molar-refractivity contribution in [1.82, 2.24) is 4.90 Å². The molecule has 2 aromatic carbocycles. The summed E-state index contributed by atoms with van der Waals surface area (Å²) in [6, 6.07) is 9.06. The molecule has 0 bridgehead atoms. The molecule has 0 atom stereocenters. The maximum Gasteiger partial charge on any atom is 0.416 e. The quantitative estimate of drug-likeness (QED) is 0.668. The highest BCUT2D eigenvalue weighted by Crippen LogP contribution is 2.38. The fourth-order valence-electron chi connectivity index (χ4n) is 2.31. The smallest absolute Gasteiger partial charge is 0.416 e. The van der Waals surface area contributed by atoms with Crippen molar-refractivity contribution < 1.29 is 35.9 Å². The van der Waals surface area contributed by atoms with Crippen LogP contribution in [0.1, 0.15) is 22.3 Å². The van der Waals surface area contributed by atoms with E-state index in [1.807, 2.05) is 6.07 Å². The summed E-state index contributed by atoms with van der Waals surface area (Å²) in [5.41, 5.74) is -1.95. The van der Waals surface area contributed by atoms with Crippen LogP contribution in [0.5, 0.6) is 5.75 Å². The average Bonchev–Trinajstić information content (AvgIpc) is 2.65. The fraction of sp³-hybridized carbons (Fsp3) is 0.263. The molecule has 1 amide bonds. The molecule has 0 aliphatic carbocycles. The van der Waals surface area contributed by atoms with E-state index < -0.39 is 41.7 Å². The number of amides is 1. The summed E-state index contributed by atoms with van der Waals surface area (Å²) in [5, 5.41) is 8.74. The Hall–Kier alpha value is -3.22. The predicted octanol–water partition coefficient (Wildman–Crippen LogP) is 4.63. The Morgan fingerprint density at radius 1 is 1.00 bits per heavy atom. The van der Waals surface area contributed by atoms with E-state index in [-0.39, 0.29) is 12.6 Å². The second-order valence-corrected chi connectivity index (χ2v) is 6.09. The van der Waals surface area contributed by atoms with Gasteiger partial charge in [0.2, 0.25) is 0 Å². The van der Waals surface area contributed by atoms with Gasteiger partial charge in [-0.05, 0) is 35.9 Å². The highest BCUT2D eigenvalue weighted by molar-refractivity contribution is 5.77. The number of carbonyl (C=O) groups excluding carboxylic acids is 1. The number of alkyl halides is 6. The first-order valence-electron chi connectivity index (χ1n) is 8.05. The lowest BCUT2D eigenvalue weighted by atomic mass is 10.1. The minimum atomic E-state index is -5.00. The van der Waals surface area contributed by atoms with Crippen molar-refractivity contribution in [2.45, 2.75) is 18.9 Å². The molecule has 2 rings (SSSR count). The number of hydrogen-bond donors (Lipinski definition) is 0. The molecule has 10 heteroatoms. The van der Waals surface area contributed by atoms with E-state index in [0.29, 0.717) is 23.3 Å². The maximum atomic E-state index is 12.8. The van der Waals surface area contributed by atoms with Gasteiger partial charge < -0.3 is 9.64 Å². The van der Waals surface area contributed by atoms with Crippen LogP contribution in [0.3, 0.4) is 0 Å². The van der Waals surface area contributed by atoms with Gasteiger partial charge in [-0.25, -0.2) is 0 Å². The summed E-state index contributed by atoms with van der Waals surface area (Å²) in [6.45, 7) is -0.629. The van der Waals surface area contributed by atoms with Crippen molar-refractivity contribution >= 4 is 5.91 Å². The topological polar surface area (TPSA) is 53.3 Å². The molecule has 154 valence electrons. The van der Waals surface area contributed by atoms with Crippen LogP contribution >= 0.6 is 0 Å². The van der Waals surface area contributed by atoms with Gasteiger partial charge in [0.25, 0.3) is 5.91 Å². The molecule has 29 heavy (non-hydrogen) atoms. The molecule has 0 aromatic heterocycles. The third-order valence-electron chi connectivity index (χ3n) is 3.85. The molecule has 4 nitrogen and oxygen atoms in total. The summed E-state index contributed by atoms with van der Waals surface area (Å²) < 4.78 is 81.9. The van der Waals surface area contributed by atoms with Crippen molar-refractivity contribution in [1.29, 1.82) is 5.26 Å². The minimum absolute atomic E-state index is 0.0221. The third-order valence-corrected chi connectivity index (χ3v) is 3.85. The molecule has 0 saturated carbocycles. The Bertz CT molecular complexity index is 882. The highest BCUT2D eigenvalue weighted by Gasteiger charge is 2.37. The molecule has 0 fully saturated rings. The molecule has 0 unspecified atom stereocenters. The van der Waals surface area contributed by atoms with Crippen molar-refractivity contribution in [3.63, 3.8) is 0 Å². The van der Waals surface area contributed by atoms with Gasteiger partial charge in [-0.15, -0.1) is 0 Å². The lowest BCUT2D eigenvalue weighted by Gasteiger charge is -2.19. The zero-order valence-electron chi connectivity index (χ0n) is 14.9. The van der Waals surface area contributed by atoms with E-state index in [2.05, 4.69) is 0 Å². The molecule has 0 heterocycles. The van der Waals surface area contributed by atoms with Gasteiger partial charge in [0.15, 0.2) is 6.61 Å². The van der Waals surface area contributed by atoms with E-state index in [0.717, 1.165) is 0 Å². The monoisotopic (exact) mass is 416 g/mol. The van der Waals surface area contributed by atoms with Crippen LogP contribution in [0, 0.1) is 11.3 Å². The Labute approximate surface area is 161 Å². The van der Waals surface area contributed by atoms with Crippen molar-refractivity contribution in [3.8, 4) is 11.8 Å². The molecule has 0 spiro atoms. The van der Waals surface area contributed by atoms with Gasteiger partial charge in [0.1, 0.15) is 5.75 Å². The van der Waals surface area contributed by atoms with E-state index in [1.54, 1.807) is 24.3 Å². The average molecular weight is 416 g/mol. The number of likely N-dealkylation sites (N-methyl/N-ethyl adjacent to an activating group) is 1. The maximum absolute atomic E-state index is 12.8. The van der Waals surface area contributed by atoms with Crippen LogP contribution in [-0.4, -0.2) is 24.5 Å². The van der Waals surface area contributed by atoms with Gasteiger partial charge in [0, 0.05) is 13.6 Å². The van der Waals surface area contributed by atoms with Crippen molar-refractivity contribution in [2.75, 3.05) is 13.7 Å². The number of benzene rings is 2. The number of nitrogens with zero attached hydrogens (tertiary/aromatic N) is 2. The molecule has 0 N–H and O–H groups in total. The zero-order valence-corrected chi connectivity index (χ0v) is 14.9. The molecular weight excluding hydrogens is 402 g/mol. The SMILES string of the molecule is CN(Cc1ccc(C#N)cc1)C(=O)COc1cc(C(F)(F)F)cc(C(F)(F)F)c1. The summed E-state index contributed by atoms with van der Waals surface area (Å²) in [6.07, 6.45) is -10.0. The standard InChI is InChI=1S/C19H14F6N2O2/c1-27(10-13-4-2-12(9-26)3-5-13)17(28)11-29-16-7-14(18(20,21)22)6-15(8-16)19(23,24)25/h2-8H,10-11H2,1H3. The summed E-state index contributed by atoms with van der Waals surface area (Å²) in [5.74, 6) is -1.37. The van der Waals surface area contributed by atoms with Gasteiger partial charge in [-0.3, -0.25) is 4.79 Å². The summed E-state index contributed by atoms with van der Waals surface area (Å²) in [7, 11) is 1.40. The number of ether oxygens (including phenoxy) is 1. The van der Waals surface area contributed by atoms with E-state index in [9.17, 15) is 31.1 Å². The number of nitriles is 1. The number of carbonyl (C=O) groups is 1. The van der Waals surface area contributed by atoms with Gasteiger partial charge in [-0.1, -0.05) is 12.1 Å². The predicted molar refractivity (Wildman–Crippen MR) is 89.6 cm³/mol. The Morgan fingerprint density at radius 3 is 1.97 bits per heavy atom. The Balaban J connectivity index is 2.09. The van der Waals surface area contributed by atoms with Crippen LogP contribution in [0.25, 0.3) is 0 Å². The largest absolute Gasteiger partial charge is 0.484 e. The van der Waals surface area contributed by atoms with Crippen LogP contribution in [0.4, 0.5) is 26.3 Å². The molecule has 0 radical (unpaired) electrons. The number of hydrogen-bond acceptors (Lipinski definition) is 3. The van der Waals surface area contributed by atoms with E-state index in [1.165, 1.54) is 11.9 Å². The van der Waals surface area contributed by atoms with Gasteiger partial charge in [-0.2, -0.15) is 31.6 Å².